The average Bonchev–Trinajstić information content (AvgIpc) is 2.69. The van der Waals surface area contributed by atoms with Gasteiger partial charge in [-0.15, -0.1) is 0 Å². The lowest BCUT2D eigenvalue weighted by molar-refractivity contribution is 0.639. The highest BCUT2D eigenvalue weighted by molar-refractivity contribution is 9.10. The Morgan fingerprint density at radius 1 is 1.44 bits per heavy atom. The van der Waals surface area contributed by atoms with Crippen molar-refractivity contribution in [2.24, 2.45) is 5.73 Å². The number of halogens is 2. The van der Waals surface area contributed by atoms with Gasteiger partial charge in [-0.3, -0.25) is 0 Å². The first-order chi connectivity index (χ1) is 7.70. The summed E-state index contributed by atoms with van der Waals surface area (Å²) >= 11 is 9.48. The summed E-state index contributed by atoms with van der Waals surface area (Å²) in [4.78, 5) is 4.05. The minimum atomic E-state index is 0.369. The minimum Gasteiger partial charge on any atom is -0.324 e. The van der Waals surface area contributed by atoms with Gasteiger partial charge in [-0.05, 0) is 17.7 Å². The summed E-state index contributed by atoms with van der Waals surface area (Å²) in [5.74, 6) is 0.749. The number of rotatable bonds is 3. The normalized spacial score (nSPS) is 10.7. The van der Waals surface area contributed by atoms with E-state index in [0.717, 1.165) is 15.9 Å². The second-order valence-electron chi connectivity index (χ2n) is 3.27. The van der Waals surface area contributed by atoms with Crippen LogP contribution in [0.4, 0.5) is 0 Å². The molecule has 0 saturated carbocycles. The number of nitrogens with two attached hydrogens (primary N) is 1. The fourth-order valence-electron chi connectivity index (χ4n) is 1.39. The Morgan fingerprint density at radius 2 is 2.25 bits per heavy atom. The van der Waals surface area contributed by atoms with Crippen LogP contribution in [0.3, 0.4) is 0 Å². The highest BCUT2D eigenvalue weighted by atomic mass is 79.9. The fraction of sp³-hybridized carbons (Fsp3) is 0.200. The molecule has 0 spiro atoms. The smallest absolute Gasteiger partial charge is 0.140 e. The van der Waals surface area contributed by atoms with Crippen LogP contribution in [0.15, 0.2) is 29.0 Å². The fourth-order valence-corrected chi connectivity index (χ4v) is 2.12. The maximum absolute atomic E-state index is 6.12. The van der Waals surface area contributed by atoms with Crippen LogP contribution in [0.25, 0.3) is 0 Å². The van der Waals surface area contributed by atoms with Crippen molar-refractivity contribution in [3.63, 3.8) is 0 Å². The lowest BCUT2D eigenvalue weighted by atomic mass is 10.2. The Hall–Kier alpha value is -0.910. The summed E-state index contributed by atoms with van der Waals surface area (Å²) in [6, 6.07) is 5.75. The molecule has 1 aromatic carbocycles. The summed E-state index contributed by atoms with van der Waals surface area (Å²) in [5, 5.41) is 4.80. The van der Waals surface area contributed by atoms with Gasteiger partial charge in [0, 0.05) is 9.50 Å². The van der Waals surface area contributed by atoms with Crippen LogP contribution in [0.5, 0.6) is 0 Å². The largest absolute Gasteiger partial charge is 0.324 e. The first-order valence-corrected chi connectivity index (χ1v) is 5.88. The second kappa shape index (κ2) is 4.95. The van der Waals surface area contributed by atoms with Crippen LogP contribution in [-0.2, 0) is 13.1 Å². The molecule has 0 saturated heterocycles. The van der Waals surface area contributed by atoms with Crippen molar-refractivity contribution in [3.8, 4) is 0 Å². The van der Waals surface area contributed by atoms with Gasteiger partial charge in [-0.2, -0.15) is 5.10 Å². The molecule has 6 heteroatoms. The van der Waals surface area contributed by atoms with Crippen LogP contribution in [0.1, 0.15) is 11.4 Å². The van der Waals surface area contributed by atoms with Gasteiger partial charge in [0.05, 0.1) is 13.1 Å². The molecule has 16 heavy (non-hydrogen) atoms. The van der Waals surface area contributed by atoms with Crippen molar-refractivity contribution in [3.05, 3.63) is 45.4 Å². The Bertz CT molecular complexity index is 497. The summed E-state index contributed by atoms with van der Waals surface area (Å²) < 4.78 is 2.70. The molecule has 0 radical (unpaired) electrons. The zero-order valence-electron chi connectivity index (χ0n) is 8.40. The highest BCUT2D eigenvalue weighted by Gasteiger charge is 2.06. The van der Waals surface area contributed by atoms with E-state index in [-0.39, 0.29) is 0 Å². The molecule has 0 atom stereocenters. The number of hydrogen-bond acceptors (Lipinski definition) is 3. The van der Waals surface area contributed by atoms with Crippen molar-refractivity contribution in [2.75, 3.05) is 0 Å². The number of nitrogens with zero attached hydrogens (tertiary/aromatic N) is 3. The van der Waals surface area contributed by atoms with E-state index in [1.54, 1.807) is 4.68 Å². The van der Waals surface area contributed by atoms with E-state index in [2.05, 4.69) is 26.0 Å². The first kappa shape index (κ1) is 11.6. The van der Waals surface area contributed by atoms with Crippen LogP contribution in [-0.4, -0.2) is 14.8 Å². The minimum absolute atomic E-state index is 0.369. The number of aromatic nitrogens is 3. The van der Waals surface area contributed by atoms with Gasteiger partial charge in [-0.1, -0.05) is 33.6 Å². The standard InChI is InChI=1S/C10H10BrClN4/c11-8-2-1-7(9(12)3-8)5-16-10(4-13)14-6-15-16/h1-3,6H,4-5,13H2. The molecule has 2 rings (SSSR count). The van der Waals surface area contributed by atoms with Gasteiger partial charge in [-0.25, -0.2) is 9.67 Å². The third-order valence-electron chi connectivity index (χ3n) is 2.21. The predicted octanol–water partition coefficient (Wildman–Crippen LogP) is 2.20. The van der Waals surface area contributed by atoms with Gasteiger partial charge >= 0.3 is 0 Å². The molecule has 1 heterocycles. The van der Waals surface area contributed by atoms with E-state index in [0.29, 0.717) is 18.1 Å². The third-order valence-corrected chi connectivity index (χ3v) is 3.06. The Labute approximate surface area is 107 Å². The third kappa shape index (κ3) is 2.42. The van der Waals surface area contributed by atoms with E-state index in [1.165, 1.54) is 6.33 Å². The van der Waals surface area contributed by atoms with Gasteiger partial charge < -0.3 is 5.73 Å². The topological polar surface area (TPSA) is 56.7 Å². The quantitative estimate of drug-likeness (QED) is 0.945. The van der Waals surface area contributed by atoms with Crippen LogP contribution in [0, 0.1) is 0 Å². The van der Waals surface area contributed by atoms with Crippen LogP contribution < -0.4 is 5.73 Å². The average molecular weight is 302 g/mol. The van der Waals surface area contributed by atoms with E-state index in [1.807, 2.05) is 18.2 Å². The first-order valence-electron chi connectivity index (χ1n) is 4.71. The molecular formula is C10H10BrClN4. The summed E-state index contributed by atoms with van der Waals surface area (Å²) in [5.41, 5.74) is 6.54. The number of hydrogen-bond donors (Lipinski definition) is 1. The summed E-state index contributed by atoms with van der Waals surface area (Å²) in [7, 11) is 0. The predicted molar refractivity (Wildman–Crippen MR) is 66.2 cm³/mol. The van der Waals surface area contributed by atoms with Gasteiger partial charge in [0.1, 0.15) is 12.2 Å². The number of benzene rings is 1. The molecule has 0 bridgehead atoms. The van der Waals surface area contributed by atoms with Crippen molar-refractivity contribution < 1.29 is 0 Å². The zero-order valence-corrected chi connectivity index (χ0v) is 10.7. The van der Waals surface area contributed by atoms with Gasteiger partial charge in [0.25, 0.3) is 0 Å². The Kier molecular flexibility index (Phi) is 3.58. The van der Waals surface area contributed by atoms with Gasteiger partial charge in [0.2, 0.25) is 0 Å². The summed E-state index contributed by atoms with van der Waals surface area (Å²) in [6.07, 6.45) is 1.49. The molecular weight excluding hydrogens is 291 g/mol. The molecule has 0 aliphatic rings. The van der Waals surface area contributed by atoms with E-state index in [9.17, 15) is 0 Å². The lowest BCUT2D eigenvalue weighted by Gasteiger charge is -2.06. The maximum atomic E-state index is 6.12. The van der Waals surface area contributed by atoms with Crippen molar-refractivity contribution in [1.29, 1.82) is 0 Å². The summed E-state index contributed by atoms with van der Waals surface area (Å²) in [6.45, 7) is 0.951. The van der Waals surface area contributed by atoms with Crippen LogP contribution in [0.2, 0.25) is 5.02 Å². The van der Waals surface area contributed by atoms with E-state index >= 15 is 0 Å². The monoisotopic (exact) mass is 300 g/mol. The molecule has 0 aliphatic heterocycles. The molecule has 4 nitrogen and oxygen atoms in total. The van der Waals surface area contributed by atoms with Crippen molar-refractivity contribution in [1.82, 2.24) is 14.8 Å². The van der Waals surface area contributed by atoms with E-state index < -0.39 is 0 Å². The highest BCUT2D eigenvalue weighted by Crippen LogP contribution is 2.22. The zero-order chi connectivity index (χ0) is 11.5. The van der Waals surface area contributed by atoms with Crippen LogP contribution >= 0.6 is 27.5 Å². The molecule has 2 N–H and O–H groups in total. The van der Waals surface area contributed by atoms with E-state index in [4.69, 9.17) is 17.3 Å². The Balaban J connectivity index is 2.27. The maximum Gasteiger partial charge on any atom is 0.140 e. The van der Waals surface area contributed by atoms with Gasteiger partial charge in [0.15, 0.2) is 0 Å². The molecule has 0 unspecified atom stereocenters. The Morgan fingerprint density at radius 3 is 2.94 bits per heavy atom. The second-order valence-corrected chi connectivity index (χ2v) is 4.60. The lowest BCUT2D eigenvalue weighted by Crippen LogP contribution is -2.11. The molecule has 1 aromatic heterocycles. The van der Waals surface area contributed by atoms with Crippen molar-refractivity contribution in [2.45, 2.75) is 13.1 Å². The molecule has 84 valence electrons. The SMILES string of the molecule is NCc1ncnn1Cc1ccc(Br)cc1Cl. The molecule has 0 aliphatic carbocycles. The molecule has 0 fully saturated rings. The molecule has 2 aromatic rings. The van der Waals surface area contributed by atoms with Crippen molar-refractivity contribution >= 4 is 27.5 Å². The molecule has 0 amide bonds.